The van der Waals surface area contributed by atoms with Gasteiger partial charge in [0.25, 0.3) is 0 Å². The van der Waals surface area contributed by atoms with Crippen LogP contribution in [-0.4, -0.2) is 15.9 Å². The Hall–Kier alpha value is -3.53. The Bertz CT molecular complexity index is 1280. The summed E-state index contributed by atoms with van der Waals surface area (Å²) in [6.45, 7) is 2.12. The molecule has 0 saturated heterocycles. The maximum Gasteiger partial charge on any atom is 0.229 e. The van der Waals surface area contributed by atoms with Gasteiger partial charge in [0, 0.05) is 5.56 Å². The fourth-order valence-electron chi connectivity index (χ4n) is 4.34. The van der Waals surface area contributed by atoms with E-state index in [1.54, 1.807) is 0 Å². The molecule has 1 amide bonds. The van der Waals surface area contributed by atoms with Crippen LogP contribution < -0.4 is 5.32 Å². The number of nitrogens with one attached hydrogen (secondary N) is 1. The Labute approximate surface area is 182 Å². The second-order valence-electron chi connectivity index (χ2n) is 8.13. The van der Waals surface area contributed by atoms with Gasteiger partial charge in [0.15, 0.2) is 5.82 Å². The molecule has 1 aliphatic carbocycles. The molecule has 5 rings (SSSR count). The van der Waals surface area contributed by atoms with Gasteiger partial charge in [-0.2, -0.15) is 0 Å². The predicted molar refractivity (Wildman–Crippen MR) is 125 cm³/mol. The third-order valence-electron chi connectivity index (χ3n) is 5.87. The first-order valence-electron chi connectivity index (χ1n) is 11.0. The largest absolute Gasteiger partial charge is 0.309 e. The molecule has 1 heterocycles. The second kappa shape index (κ2) is 8.31. The molecule has 0 spiro atoms. The van der Waals surface area contributed by atoms with Crippen LogP contribution in [0.2, 0.25) is 0 Å². The topological polar surface area (TPSA) is 54.9 Å². The number of hydrogen-bond donors (Lipinski definition) is 1. The maximum atomic E-state index is 12.9. The number of rotatable bonds is 5. The van der Waals surface area contributed by atoms with Gasteiger partial charge >= 0.3 is 0 Å². The van der Waals surface area contributed by atoms with E-state index in [0.29, 0.717) is 12.2 Å². The Balaban J connectivity index is 1.42. The van der Waals surface area contributed by atoms with E-state index in [1.807, 2.05) is 24.3 Å². The average Bonchev–Trinajstić information content (AvgIpc) is 2.79. The summed E-state index contributed by atoms with van der Waals surface area (Å²) in [4.78, 5) is 22.7. The van der Waals surface area contributed by atoms with Crippen LogP contribution in [0.1, 0.15) is 35.9 Å². The number of benzene rings is 3. The highest BCUT2D eigenvalue weighted by Gasteiger charge is 2.21. The van der Waals surface area contributed by atoms with Crippen molar-refractivity contribution < 1.29 is 4.79 Å². The zero-order valence-corrected chi connectivity index (χ0v) is 17.7. The van der Waals surface area contributed by atoms with Crippen LogP contribution in [0, 0.1) is 0 Å². The number of carbonyl (C=O) groups excluding carboxylic acids is 1. The highest BCUT2D eigenvalue weighted by Crippen LogP contribution is 2.32. The van der Waals surface area contributed by atoms with E-state index in [1.165, 1.54) is 16.5 Å². The lowest BCUT2D eigenvalue weighted by Gasteiger charge is -2.20. The molecule has 1 aliphatic rings. The monoisotopic (exact) mass is 407 g/mol. The summed E-state index contributed by atoms with van der Waals surface area (Å²) in [5.74, 6) is 0.559. The van der Waals surface area contributed by atoms with Gasteiger partial charge in [-0.05, 0) is 41.2 Å². The van der Waals surface area contributed by atoms with Crippen molar-refractivity contribution in [2.24, 2.45) is 0 Å². The molecule has 1 N–H and O–H groups in total. The number of nitrogens with zero attached hydrogens (tertiary/aromatic N) is 2. The number of hydrogen-bond acceptors (Lipinski definition) is 3. The molecule has 31 heavy (non-hydrogen) atoms. The summed E-state index contributed by atoms with van der Waals surface area (Å²) >= 11 is 0. The third kappa shape index (κ3) is 3.93. The number of amides is 1. The molecule has 0 bridgehead atoms. The quantitative estimate of drug-likeness (QED) is 0.473. The van der Waals surface area contributed by atoms with Crippen molar-refractivity contribution in [3.63, 3.8) is 0 Å². The van der Waals surface area contributed by atoms with Crippen LogP contribution >= 0.6 is 0 Å². The minimum atomic E-state index is -0.0573. The number of aryl methyl sites for hydroxylation is 3. The second-order valence-corrected chi connectivity index (χ2v) is 8.13. The van der Waals surface area contributed by atoms with Crippen molar-refractivity contribution >= 4 is 22.5 Å². The lowest BCUT2D eigenvalue weighted by atomic mass is 9.91. The van der Waals surface area contributed by atoms with Gasteiger partial charge in [0.1, 0.15) is 0 Å². The van der Waals surface area contributed by atoms with Crippen molar-refractivity contribution in [3.05, 3.63) is 89.2 Å². The molecule has 0 atom stereocenters. The summed E-state index contributed by atoms with van der Waals surface area (Å²) in [7, 11) is 0. The number of fused-ring (bicyclic) bond motifs is 4. The van der Waals surface area contributed by atoms with Crippen LogP contribution in [0.4, 0.5) is 5.82 Å². The zero-order chi connectivity index (χ0) is 21.2. The van der Waals surface area contributed by atoms with Crippen molar-refractivity contribution in [2.75, 3.05) is 5.32 Å². The molecule has 0 saturated carbocycles. The number of anilines is 1. The Morgan fingerprint density at radius 2 is 1.74 bits per heavy atom. The van der Waals surface area contributed by atoms with Crippen LogP contribution in [0.3, 0.4) is 0 Å². The summed E-state index contributed by atoms with van der Waals surface area (Å²) in [5.41, 5.74) is 6.29. The van der Waals surface area contributed by atoms with Gasteiger partial charge in [-0.1, -0.05) is 80.1 Å². The molecule has 3 aromatic carbocycles. The smallest absolute Gasteiger partial charge is 0.229 e. The Kier molecular flexibility index (Phi) is 5.21. The van der Waals surface area contributed by atoms with E-state index in [0.717, 1.165) is 53.7 Å². The molecular weight excluding hydrogens is 382 g/mol. The first-order valence-corrected chi connectivity index (χ1v) is 11.0. The molecule has 154 valence electrons. The fourth-order valence-corrected chi connectivity index (χ4v) is 4.34. The Morgan fingerprint density at radius 3 is 2.61 bits per heavy atom. The highest BCUT2D eigenvalue weighted by atomic mass is 16.1. The molecule has 1 aromatic heterocycles. The van der Waals surface area contributed by atoms with Crippen molar-refractivity contribution in [1.29, 1.82) is 0 Å². The lowest BCUT2D eigenvalue weighted by Crippen LogP contribution is -2.19. The average molecular weight is 408 g/mol. The minimum Gasteiger partial charge on any atom is -0.309 e. The molecule has 0 aliphatic heterocycles. The normalized spacial score (nSPS) is 12.3. The lowest BCUT2D eigenvalue weighted by molar-refractivity contribution is -0.115. The van der Waals surface area contributed by atoms with E-state index in [4.69, 9.17) is 9.97 Å². The predicted octanol–water partition coefficient (Wildman–Crippen LogP) is 5.53. The SMILES string of the molecule is CCCc1nc2c(nc1NC(=O)Cc1ccc3ccccc3c1)CCc1ccccc1-2. The van der Waals surface area contributed by atoms with Gasteiger partial charge in [-0.25, -0.2) is 9.97 Å². The van der Waals surface area contributed by atoms with Crippen molar-refractivity contribution in [1.82, 2.24) is 9.97 Å². The van der Waals surface area contributed by atoms with E-state index in [-0.39, 0.29) is 5.91 Å². The molecule has 4 heteroatoms. The van der Waals surface area contributed by atoms with Crippen LogP contribution in [0.25, 0.3) is 22.0 Å². The summed E-state index contributed by atoms with van der Waals surface area (Å²) in [6.07, 6.45) is 3.85. The summed E-state index contributed by atoms with van der Waals surface area (Å²) < 4.78 is 0. The van der Waals surface area contributed by atoms with E-state index in [9.17, 15) is 4.79 Å². The number of carbonyl (C=O) groups is 1. The maximum absolute atomic E-state index is 12.9. The van der Waals surface area contributed by atoms with Gasteiger partial charge in [-0.3, -0.25) is 4.79 Å². The van der Waals surface area contributed by atoms with E-state index in [2.05, 4.69) is 54.7 Å². The fraction of sp³-hybridized carbons (Fsp3) is 0.222. The van der Waals surface area contributed by atoms with Crippen molar-refractivity contribution in [2.45, 2.75) is 39.0 Å². The first kappa shape index (κ1) is 19.4. The van der Waals surface area contributed by atoms with Gasteiger partial charge in [0.05, 0.1) is 23.5 Å². The molecular formula is C27H25N3O. The first-order chi connectivity index (χ1) is 15.2. The van der Waals surface area contributed by atoms with Crippen LogP contribution in [0.15, 0.2) is 66.7 Å². The number of aromatic nitrogens is 2. The van der Waals surface area contributed by atoms with E-state index < -0.39 is 0 Å². The van der Waals surface area contributed by atoms with Crippen molar-refractivity contribution in [3.8, 4) is 11.3 Å². The van der Waals surface area contributed by atoms with Gasteiger partial charge in [-0.15, -0.1) is 0 Å². The molecule has 4 aromatic rings. The Morgan fingerprint density at radius 1 is 0.935 bits per heavy atom. The van der Waals surface area contributed by atoms with Gasteiger partial charge in [0.2, 0.25) is 5.91 Å². The molecule has 4 nitrogen and oxygen atoms in total. The van der Waals surface area contributed by atoms with E-state index >= 15 is 0 Å². The summed E-state index contributed by atoms with van der Waals surface area (Å²) in [6, 6.07) is 22.8. The highest BCUT2D eigenvalue weighted by molar-refractivity contribution is 5.93. The molecule has 0 fully saturated rings. The molecule has 0 radical (unpaired) electrons. The van der Waals surface area contributed by atoms with Gasteiger partial charge < -0.3 is 5.32 Å². The molecule has 0 unspecified atom stereocenters. The standard InChI is InChI=1S/C27H25N3O/c1-2-7-24-27(29-23-15-14-20-9-5-6-11-22(20)26(23)28-24)30-25(31)17-18-12-13-19-8-3-4-10-21(19)16-18/h3-6,8-13,16H,2,7,14-15,17H2,1H3,(H,29,30,31). The van der Waals surface area contributed by atoms with Crippen LogP contribution in [0.5, 0.6) is 0 Å². The summed E-state index contributed by atoms with van der Waals surface area (Å²) in [5, 5.41) is 5.38. The zero-order valence-electron chi connectivity index (χ0n) is 17.7. The van der Waals surface area contributed by atoms with Crippen LogP contribution in [-0.2, 0) is 30.5 Å². The third-order valence-corrected chi connectivity index (χ3v) is 5.87. The minimum absolute atomic E-state index is 0.0573.